The molecule has 0 bridgehead atoms. The fraction of sp³-hybridized carbons (Fsp3) is 0.240. The number of halogens is 1. The van der Waals surface area contributed by atoms with Gasteiger partial charge in [0.1, 0.15) is 5.82 Å². The molecule has 4 rings (SSSR count). The first kappa shape index (κ1) is 24.9. The summed E-state index contributed by atoms with van der Waals surface area (Å²) in [5, 5.41) is 8.75. The predicted molar refractivity (Wildman–Crippen MR) is 136 cm³/mol. The number of H-pyrrole nitrogens is 1. The summed E-state index contributed by atoms with van der Waals surface area (Å²) in [5.74, 6) is -2.37. The van der Waals surface area contributed by atoms with Crippen LogP contribution in [0.2, 0.25) is 5.02 Å². The molecule has 1 atom stereocenters. The van der Waals surface area contributed by atoms with Gasteiger partial charge in [0.2, 0.25) is 17.8 Å². The van der Waals surface area contributed by atoms with Crippen molar-refractivity contribution in [3.8, 4) is 0 Å². The van der Waals surface area contributed by atoms with E-state index in [0.29, 0.717) is 28.6 Å². The van der Waals surface area contributed by atoms with Gasteiger partial charge in [-0.2, -0.15) is 4.98 Å². The van der Waals surface area contributed by atoms with Crippen molar-refractivity contribution < 1.29 is 19.1 Å². The topological polar surface area (TPSA) is 142 Å². The minimum Gasteiger partial charge on any atom is -0.462 e. The molecule has 0 saturated carbocycles. The summed E-state index contributed by atoms with van der Waals surface area (Å²) in [5.41, 5.74) is 0.888. The van der Waals surface area contributed by atoms with E-state index < -0.39 is 29.3 Å². The molecule has 0 spiro atoms. The van der Waals surface area contributed by atoms with E-state index >= 15 is 0 Å². The number of benzene rings is 2. The van der Waals surface area contributed by atoms with Gasteiger partial charge >= 0.3 is 5.97 Å². The van der Waals surface area contributed by atoms with E-state index in [-0.39, 0.29) is 23.8 Å². The van der Waals surface area contributed by atoms with Crippen molar-refractivity contribution in [2.75, 3.05) is 22.6 Å². The highest BCUT2D eigenvalue weighted by atomic mass is 35.5. The molecule has 0 fully saturated rings. The van der Waals surface area contributed by atoms with E-state index in [1.165, 1.54) is 12.1 Å². The third-order valence-electron chi connectivity index (χ3n) is 5.49. The van der Waals surface area contributed by atoms with Gasteiger partial charge in [0, 0.05) is 22.8 Å². The highest BCUT2D eigenvalue weighted by molar-refractivity contribution is 6.30. The molecular weight excluding hydrogens is 486 g/mol. The van der Waals surface area contributed by atoms with Gasteiger partial charge in [0.25, 0.3) is 5.56 Å². The van der Waals surface area contributed by atoms with Crippen LogP contribution in [0.4, 0.5) is 23.1 Å². The van der Waals surface area contributed by atoms with Crippen LogP contribution >= 0.6 is 11.6 Å². The smallest absolute Gasteiger partial charge is 0.338 e. The van der Waals surface area contributed by atoms with Gasteiger partial charge in [-0.15, -0.1) is 0 Å². The number of hydrogen-bond donors (Lipinski definition) is 4. The Balaban J connectivity index is 1.50. The number of carbonyl (C=O) groups is 3. The maximum Gasteiger partial charge on any atom is 0.338 e. The lowest BCUT2D eigenvalue weighted by Crippen LogP contribution is -2.36. The molecule has 1 aliphatic heterocycles. The summed E-state index contributed by atoms with van der Waals surface area (Å²) in [4.78, 5) is 57.2. The lowest BCUT2D eigenvalue weighted by molar-refractivity contribution is -0.123. The number of esters is 1. The quantitative estimate of drug-likeness (QED) is 0.263. The third-order valence-corrected chi connectivity index (χ3v) is 5.75. The molecule has 10 nitrogen and oxygen atoms in total. The normalized spacial score (nSPS) is 14.4. The third kappa shape index (κ3) is 5.89. The number of ether oxygens (including phenoxy) is 1. The SMILES string of the molecule is CCCCOC(=O)c1ccc(NC(=O)C2CC(=O)Nc3nc(Nc4ccc(Cl)cc4)[nH]c(=O)c32)cc1. The Labute approximate surface area is 211 Å². The number of fused-ring (bicyclic) bond motifs is 1. The van der Waals surface area contributed by atoms with Crippen LogP contribution in [0.5, 0.6) is 0 Å². The molecule has 11 heteroatoms. The highest BCUT2D eigenvalue weighted by Crippen LogP contribution is 2.30. The van der Waals surface area contributed by atoms with Gasteiger partial charge in [-0.1, -0.05) is 24.9 Å². The molecule has 0 aliphatic carbocycles. The van der Waals surface area contributed by atoms with Crippen molar-refractivity contribution in [2.45, 2.75) is 32.1 Å². The zero-order valence-corrected chi connectivity index (χ0v) is 20.1. The number of aromatic nitrogens is 2. The average Bonchev–Trinajstić information content (AvgIpc) is 2.85. The molecule has 4 N–H and O–H groups in total. The molecular formula is C25H24ClN5O5. The number of aromatic amines is 1. The first-order chi connectivity index (χ1) is 17.3. The van der Waals surface area contributed by atoms with Crippen LogP contribution in [0.1, 0.15) is 48.0 Å². The Bertz CT molecular complexity index is 1340. The van der Waals surface area contributed by atoms with Crippen molar-refractivity contribution in [3.63, 3.8) is 0 Å². The number of unbranched alkanes of at least 4 members (excludes halogenated alkanes) is 1. The van der Waals surface area contributed by atoms with Crippen LogP contribution in [0, 0.1) is 0 Å². The number of hydrogen-bond acceptors (Lipinski definition) is 7. The van der Waals surface area contributed by atoms with Crippen LogP contribution in [0.15, 0.2) is 53.3 Å². The fourth-order valence-electron chi connectivity index (χ4n) is 3.64. The molecule has 0 saturated heterocycles. The minimum absolute atomic E-state index is 0.0109. The second kappa shape index (κ2) is 11.0. The molecule has 1 aliphatic rings. The van der Waals surface area contributed by atoms with E-state index in [2.05, 4.69) is 25.9 Å². The summed E-state index contributed by atoms with van der Waals surface area (Å²) in [6, 6.07) is 12.9. The van der Waals surface area contributed by atoms with Gasteiger partial charge in [0.15, 0.2) is 0 Å². The monoisotopic (exact) mass is 509 g/mol. The van der Waals surface area contributed by atoms with Crippen LogP contribution in [-0.4, -0.2) is 34.4 Å². The Hall–Kier alpha value is -4.18. The molecule has 3 aromatic rings. The molecule has 1 unspecified atom stereocenters. The molecule has 2 amide bonds. The lowest BCUT2D eigenvalue weighted by Gasteiger charge is -2.23. The molecule has 1 aromatic heterocycles. The second-order valence-electron chi connectivity index (χ2n) is 8.17. The summed E-state index contributed by atoms with van der Waals surface area (Å²) in [6.07, 6.45) is 1.48. The number of amides is 2. The number of nitrogens with one attached hydrogen (secondary N) is 4. The largest absolute Gasteiger partial charge is 0.462 e. The minimum atomic E-state index is -1.05. The van der Waals surface area contributed by atoms with Gasteiger partial charge in [-0.25, -0.2) is 4.79 Å². The maximum atomic E-state index is 13.0. The standard InChI is InChI=1S/C25H24ClN5O5/c1-2-3-12-36-24(35)14-4-8-16(9-5-14)27-22(33)18-13-19(32)29-21-20(18)23(34)31-25(30-21)28-17-10-6-15(26)7-11-17/h4-11,18H,2-3,12-13H2,1H3,(H,27,33)(H3,28,29,30,31,32,34). The first-order valence-electron chi connectivity index (χ1n) is 11.4. The van der Waals surface area contributed by atoms with E-state index in [9.17, 15) is 19.2 Å². The maximum absolute atomic E-state index is 13.0. The number of anilines is 4. The molecule has 186 valence electrons. The summed E-state index contributed by atoms with van der Waals surface area (Å²) >= 11 is 5.89. The van der Waals surface area contributed by atoms with Crippen molar-refractivity contribution in [1.29, 1.82) is 0 Å². The van der Waals surface area contributed by atoms with E-state index in [0.717, 1.165) is 12.8 Å². The zero-order chi connectivity index (χ0) is 25.7. The Morgan fingerprint density at radius 1 is 1.08 bits per heavy atom. The molecule has 0 radical (unpaired) electrons. The van der Waals surface area contributed by atoms with Crippen LogP contribution in [0.3, 0.4) is 0 Å². The van der Waals surface area contributed by atoms with Crippen LogP contribution in [0.25, 0.3) is 0 Å². The molecule has 2 heterocycles. The Kier molecular flexibility index (Phi) is 7.65. The van der Waals surface area contributed by atoms with Gasteiger partial charge in [0.05, 0.1) is 23.7 Å². The zero-order valence-electron chi connectivity index (χ0n) is 19.4. The number of carbonyl (C=O) groups excluding carboxylic acids is 3. The van der Waals surface area contributed by atoms with Gasteiger partial charge in [-0.3, -0.25) is 19.4 Å². The number of rotatable bonds is 8. The second-order valence-corrected chi connectivity index (χ2v) is 8.61. The Morgan fingerprint density at radius 2 is 1.78 bits per heavy atom. The average molecular weight is 510 g/mol. The Morgan fingerprint density at radius 3 is 2.47 bits per heavy atom. The summed E-state index contributed by atoms with van der Waals surface area (Å²) in [7, 11) is 0. The summed E-state index contributed by atoms with van der Waals surface area (Å²) in [6.45, 7) is 2.34. The lowest BCUT2D eigenvalue weighted by atomic mass is 9.92. The number of nitrogens with zero attached hydrogens (tertiary/aromatic N) is 1. The van der Waals surface area contributed by atoms with Gasteiger partial charge < -0.3 is 20.7 Å². The predicted octanol–water partition coefficient (Wildman–Crippen LogP) is 4.19. The van der Waals surface area contributed by atoms with Crippen LogP contribution in [-0.2, 0) is 14.3 Å². The van der Waals surface area contributed by atoms with E-state index in [4.69, 9.17) is 16.3 Å². The fourth-order valence-corrected chi connectivity index (χ4v) is 3.76. The van der Waals surface area contributed by atoms with Crippen molar-refractivity contribution in [2.24, 2.45) is 0 Å². The van der Waals surface area contributed by atoms with Gasteiger partial charge in [-0.05, 0) is 55.0 Å². The molecule has 36 heavy (non-hydrogen) atoms. The van der Waals surface area contributed by atoms with Crippen molar-refractivity contribution in [1.82, 2.24) is 9.97 Å². The summed E-state index contributed by atoms with van der Waals surface area (Å²) < 4.78 is 5.17. The van der Waals surface area contributed by atoms with E-state index in [1.54, 1.807) is 36.4 Å². The van der Waals surface area contributed by atoms with Crippen molar-refractivity contribution in [3.05, 3.63) is 75.0 Å². The van der Waals surface area contributed by atoms with Crippen molar-refractivity contribution >= 4 is 52.5 Å². The van der Waals surface area contributed by atoms with E-state index in [1.807, 2.05) is 6.92 Å². The first-order valence-corrected chi connectivity index (χ1v) is 11.8. The molecule has 2 aromatic carbocycles. The highest BCUT2D eigenvalue weighted by Gasteiger charge is 2.34. The van der Waals surface area contributed by atoms with Crippen LogP contribution < -0.4 is 21.5 Å².